The van der Waals surface area contributed by atoms with Crippen molar-refractivity contribution in [1.29, 1.82) is 0 Å². The zero-order valence-corrected chi connectivity index (χ0v) is 14.2. The second-order valence-electron chi connectivity index (χ2n) is 5.53. The number of carbonyl (C=O) groups is 1. The van der Waals surface area contributed by atoms with E-state index in [0.29, 0.717) is 10.2 Å². The van der Waals surface area contributed by atoms with Crippen molar-refractivity contribution in [3.8, 4) is 0 Å². The first-order valence-electron chi connectivity index (χ1n) is 7.45. The van der Waals surface area contributed by atoms with Gasteiger partial charge in [-0.3, -0.25) is 4.79 Å². The van der Waals surface area contributed by atoms with E-state index in [1.165, 1.54) is 12.1 Å². The van der Waals surface area contributed by atoms with Gasteiger partial charge in [0.2, 0.25) is 0 Å². The van der Waals surface area contributed by atoms with Gasteiger partial charge in [0.05, 0.1) is 17.4 Å². The summed E-state index contributed by atoms with van der Waals surface area (Å²) in [6.07, 6.45) is 1.90. The van der Waals surface area contributed by atoms with Crippen LogP contribution in [-0.2, 0) is 0 Å². The molecule has 6 nitrogen and oxygen atoms in total. The fourth-order valence-electron chi connectivity index (χ4n) is 2.72. The lowest BCUT2D eigenvalue weighted by Gasteiger charge is -2.23. The molecule has 1 aromatic heterocycles. The number of hydrogen-bond donors (Lipinski definition) is 2. The third kappa shape index (κ3) is 3.42. The molecule has 0 radical (unpaired) electrons. The van der Waals surface area contributed by atoms with Crippen LogP contribution in [0.1, 0.15) is 35.1 Å². The summed E-state index contributed by atoms with van der Waals surface area (Å²) in [6.45, 7) is 3.67. The van der Waals surface area contributed by atoms with Crippen molar-refractivity contribution >= 4 is 27.5 Å². The molecule has 122 valence electrons. The Morgan fingerprint density at radius 2 is 2.17 bits per heavy atom. The maximum absolute atomic E-state index is 13.8. The molecule has 0 spiro atoms. The minimum Gasteiger partial charge on any atom is -0.318 e. The lowest BCUT2D eigenvalue weighted by atomic mass is 10.1. The zero-order chi connectivity index (χ0) is 16.4. The maximum atomic E-state index is 13.8. The molecule has 1 aliphatic rings. The first-order valence-corrected chi connectivity index (χ1v) is 8.24. The lowest BCUT2D eigenvalue weighted by Crippen LogP contribution is -2.30. The van der Waals surface area contributed by atoms with E-state index in [0.717, 1.165) is 25.9 Å². The van der Waals surface area contributed by atoms with Gasteiger partial charge in [-0.25, -0.2) is 9.07 Å². The van der Waals surface area contributed by atoms with Crippen molar-refractivity contribution in [2.75, 3.05) is 18.4 Å². The molecule has 1 fully saturated rings. The number of halogens is 2. The average Bonchev–Trinajstić information content (AvgIpc) is 2.92. The summed E-state index contributed by atoms with van der Waals surface area (Å²) >= 11 is 3.18. The summed E-state index contributed by atoms with van der Waals surface area (Å²) in [6, 6.07) is 4.71. The van der Waals surface area contributed by atoms with E-state index < -0.39 is 11.7 Å². The highest BCUT2D eigenvalue weighted by Gasteiger charge is 2.23. The SMILES string of the molecule is Cc1c(C(=O)Nc2ccc(Br)cc2F)nnn1C1CCNCC1. The molecule has 0 saturated carbocycles. The van der Waals surface area contributed by atoms with Gasteiger partial charge in [0.25, 0.3) is 5.91 Å². The number of rotatable bonds is 3. The van der Waals surface area contributed by atoms with Crippen molar-refractivity contribution in [2.45, 2.75) is 25.8 Å². The van der Waals surface area contributed by atoms with Crippen LogP contribution in [0.4, 0.5) is 10.1 Å². The Labute approximate surface area is 141 Å². The van der Waals surface area contributed by atoms with Gasteiger partial charge in [-0.15, -0.1) is 5.10 Å². The number of carbonyl (C=O) groups excluding carboxylic acids is 1. The van der Waals surface area contributed by atoms with Crippen LogP contribution < -0.4 is 10.6 Å². The summed E-state index contributed by atoms with van der Waals surface area (Å²) in [5.41, 5.74) is 1.05. The van der Waals surface area contributed by atoms with Crippen LogP contribution in [0.2, 0.25) is 0 Å². The zero-order valence-electron chi connectivity index (χ0n) is 12.6. The van der Waals surface area contributed by atoms with Crippen LogP contribution >= 0.6 is 15.9 Å². The predicted molar refractivity (Wildman–Crippen MR) is 88.0 cm³/mol. The number of piperidine rings is 1. The van der Waals surface area contributed by atoms with Gasteiger partial charge in [-0.1, -0.05) is 21.1 Å². The molecule has 1 amide bonds. The molecular weight excluding hydrogens is 365 g/mol. The summed E-state index contributed by atoms with van der Waals surface area (Å²) in [4.78, 5) is 12.4. The van der Waals surface area contributed by atoms with Crippen LogP contribution in [-0.4, -0.2) is 34.0 Å². The van der Waals surface area contributed by atoms with Crippen LogP contribution in [0.5, 0.6) is 0 Å². The molecule has 0 bridgehead atoms. The quantitative estimate of drug-likeness (QED) is 0.856. The van der Waals surface area contributed by atoms with E-state index in [9.17, 15) is 9.18 Å². The van der Waals surface area contributed by atoms with E-state index >= 15 is 0 Å². The molecule has 2 heterocycles. The van der Waals surface area contributed by atoms with Crippen molar-refractivity contribution in [1.82, 2.24) is 20.3 Å². The van der Waals surface area contributed by atoms with Crippen molar-refractivity contribution in [2.24, 2.45) is 0 Å². The minimum atomic E-state index is -0.504. The molecule has 3 rings (SSSR count). The summed E-state index contributed by atoms with van der Waals surface area (Å²) in [7, 11) is 0. The third-order valence-electron chi connectivity index (χ3n) is 3.98. The molecule has 23 heavy (non-hydrogen) atoms. The Balaban J connectivity index is 1.78. The molecule has 0 aliphatic carbocycles. The first kappa shape index (κ1) is 16.1. The Morgan fingerprint density at radius 1 is 1.43 bits per heavy atom. The van der Waals surface area contributed by atoms with Gasteiger partial charge in [0, 0.05) is 4.47 Å². The largest absolute Gasteiger partial charge is 0.318 e. The number of benzene rings is 1. The number of amides is 1. The predicted octanol–water partition coefficient (Wildman–Crippen LogP) is 2.66. The maximum Gasteiger partial charge on any atom is 0.278 e. The molecule has 0 unspecified atom stereocenters. The number of hydrogen-bond acceptors (Lipinski definition) is 4. The van der Waals surface area contributed by atoms with E-state index in [1.54, 1.807) is 10.7 Å². The van der Waals surface area contributed by atoms with Crippen LogP contribution in [0.15, 0.2) is 22.7 Å². The molecule has 1 aliphatic heterocycles. The molecule has 1 aromatic carbocycles. The second kappa shape index (κ2) is 6.76. The number of nitrogens with zero attached hydrogens (tertiary/aromatic N) is 3. The molecule has 1 saturated heterocycles. The van der Waals surface area contributed by atoms with Crippen LogP contribution in [0.3, 0.4) is 0 Å². The molecule has 2 aromatic rings. The van der Waals surface area contributed by atoms with Gasteiger partial charge in [0.1, 0.15) is 5.82 Å². The number of anilines is 1. The van der Waals surface area contributed by atoms with Gasteiger partial charge < -0.3 is 10.6 Å². The Morgan fingerprint density at radius 3 is 2.87 bits per heavy atom. The first-order chi connectivity index (χ1) is 11.1. The van der Waals surface area contributed by atoms with E-state index in [4.69, 9.17) is 0 Å². The van der Waals surface area contributed by atoms with Gasteiger partial charge in [-0.05, 0) is 51.1 Å². The van der Waals surface area contributed by atoms with Gasteiger partial charge >= 0.3 is 0 Å². The van der Waals surface area contributed by atoms with Crippen molar-refractivity contribution in [3.63, 3.8) is 0 Å². The van der Waals surface area contributed by atoms with Crippen molar-refractivity contribution < 1.29 is 9.18 Å². The monoisotopic (exact) mass is 381 g/mol. The Hall–Kier alpha value is -1.80. The number of nitrogens with one attached hydrogen (secondary N) is 2. The fourth-order valence-corrected chi connectivity index (χ4v) is 3.05. The third-order valence-corrected chi connectivity index (χ3v) is 4.47. The second-order valence-corrected chi connectivity index (χ2v) is 6.44. The molecule has 8 heteroatoms. The van der Waals surface area contributed by atoms with E-state index in [1.807, 2.05) is 6.92 Å². The highest BCUT2D eigenvalue weighted by atomic mass is 79.9. The molecular formula is C15H17BrFN5O. The Bertz CT molecular complexity index is 727. The molecule has 0 atom stereocenters. The summed E-state index contributed by atoms with van der Waals surface area (Å²) in [5, 5.41) is 13.9. The van der Waals surface area contributed by atoms with Crippen molar-refractivity contribution in [3.05, 3.63) is 39.9 Å². The average molecular weight is 382 g/mol. The highest BCUT2D eigenvalue weighted by molar-refractivity contribution is 9.10. The Kier molecular flexibility index (Phi) is 4.72. The van der Waals surface area contributed by atoms with E-state index in [-0.39, 0.29) is 17.4 Å². The standard InChI is InChI=1S/C15H17BrFN5O/c1-9-14(20-21-22(9)11-4-6-18-7-5-11)15(23)19-13-3-2-10(16)8-12(13)17/h2-3,8,11,18H,4-7H2,1H3,(H,19,23). The normalized spacial score (nSPS) is 15.6. The van der Waals surface area contributed by atoms with Crippen LogP contribution in [0.25, 0.3) is 0 Å². The topological polar surface area (TPSA) is 71.8 Å². The van der Waals surface area contributed by atoms with Crippen LogP contribution in [0, 0.1) is 12.7 Å². The summed E-state index contributed by atoms with van der Waals surface area (Å²) in [5.74, 6) is -0.958. The minimum absolute atomic E-state index is 0.119. The lowest BCUT2D eigenvalue weighted by molar-refractivity contribution is 0.102. The summed E-state index contributed by atoms with van der Waals surface area (Å²) < 4.78 is 16.2. The fraction of sp³-hybridized carbons (Fsp3) is 0.400. The highest BCUT2D eigenvalue weighted by Crippen LogP contribution is 2.22. The van der Waals surface area contributed by atoms with Gasteiger partial charge in [0.15, 0.2) is 5.69 Å². The smallest absolute Gasteiger partial charge is 0.278 e. The van der Waals surface area contributed by atoms with Gasteiger partial charge in [-0.2, -0.15) is 0 Å². The number of aromatic nitrogens is 3. The van der Waals surface area contributed by atoms with E-state index in [2.05, 4.69) is 36.9 Å². The molecule has 2 N–H and O–H groups in total.